The summed E-state index contributed by atoms with van der Waals surface area (Å²) in [7, 11) is 1.67. The smallest absolute Gasteiger partial charge is 0.232 e. The molecule has 4 nitrogen and oxygen atoms in total. The van der Waals surface area contributed by atoms with Crippen molar-refractivity contribution in [3.8, 4) is 0 Å². The Morgan fingerprint density at radius 2 is 2.16 bits per heavy atom. The summed E-state index contributed by atoms with van der Waals surface area (Å²) in [6.07, 6.45) is 0.220. The first-order valence-corrected chi connectivity index (χ1v) is 9.79. The number of halogens is 3. The minimum absolute atomic E-state index is 0.0643. The average molecular weight is 479 g/mol. The number of rotatable bonds is 3. The summed E-state index contributed by atoms with van der Waals surface area (Å²) in [5.74, 6) is -0.468. The van der Waals surface area contributed by atoms with Crippen molar-refractivity contribution in [3.63, 3.8) is 0 Å². The number of benzene rings is 1. The Morgan fingerprint density at radius 1 is 1.47 bits per heavy atom. The van der Waals surface area contributed by atoms with Gasteiger partial charge in [-0.1, -0.05) is 15.9 Å². The fourth-order valence-electron chi connectivity index (χ4n) is 2.11. The molecule has 0 aliphatic carbocycles. The van der Waals surface area contributed by atoms with Gasteiger partial charge in [-0.2, -0.15) is 0 Å². The molecule has 8 heteroatoms. The van der Waals surface area contributed by atoms with Gasteiger partial charge in [0.1, 0.15) is 0 Å². The van der Waals surface area contributed by atoms with Gasteiger partial charge in [-0.25, -0.2) is 8.42 Å². The Kier molecular flexibility index (Phi) is 4.79. The van der Waals surface area contributed by atoms with Crippen molar-refractivity contribution in [2.75, 3.05) is 17.2 Å². The van der Waals surface area contributed by atoms with Crippen LogP contribution in [0.1, 0.15) is 6.42 Å². The largest absolute Gasteiger partial charge is 0.311 e. The second kappa shape index (κ2) is 5.87. The fourth-order valence-corrected chi connectivity index (χ4v) is 5.02. The van der Waals surface area contributed by atoms with Crippen molar-refractivity contribution < 1.29 is 13.2 Å². The number of hydrogen-bond acceptors (Lipinski definition) is 3. The monoisotopic (exact) mass is 477 g/mol. The van der Waals surface area contributed by atoms with Crippen molar-refractivity contribution in [1.82, 2.24) is 0 Å². The Hall–Kier alpha value is 0.140. The Morgan fingerprint density at radius 3 is 2.74 bits per heavy atom. The van der Waals surface area contributed by atoms with Crippen LogP contribution in [0.25, 0.3) is 0 Å². The van der Waals surface area contributed by atoms with Crippen LogP contribution in [0.2, 0.25) is 0 Å². The number of carbonyl (C=O) groups excluding carboxylic acids is 1. The molecule has 1 atom stereocenters. The summed E-state index contributed by atoms with van der Waals surface area (Å²) >= 11 is 5.52. The summed E-state index contributed by atoms with van der Waals surface area (Å²) in [6.45, 7) is 0.391. The molecule has 104 valence electrons. The van der Waals surface area contributed by atoms with E-state index in [2.05, 4.69) is 38.5 Å². The Bertz CT molecular complexity index is 622. The van der Waals surface area contributed by atoms with E-state index in [4.69, 9.17) is 10.7 Å². The zero-order valence-corrected chi connectivity index (χ0v) is 15.0. The minimum atomic E-state index is -3.57. The fraction of sp³-hybridized carbons (Fsp3) is 0.364. The van der Waals surface area contributed by atoms with Crippen LogP contribution in [-0.4, -0.2) is 26.6 Å². The van der Waals surface area contributed by atoms with Crippen LogP contribution in [0.3, 0.4) is 0 Å². The van der Waals surface area contributed by atoms with Crippen LogP contribution in [-0.2, 0) is 13.8 Å². The van der Waals surface area contributed by atoms with Gasteiger partial charge in [0.15, 0.2) is 0 Å². The van der Waals surface area contributed by atoms with Crippen LogP contribution in [0.4, 0.5) is 5.69 Å². The normalized spacial score (nSPS) is 20.1. The number of carbonyl (C=O) groups is 1. The summed E-state index contributed by atoms with van der Waals surface area (Å²) < 4.78 is 24.0. The van der Waals surface area contributed by atoms with E-state index < -0.39 is 9.05 Å². The SMILES string of the molecule is O=C1CC(CS(=O)(=O)Cl)CN1c1ccc(Br)cc1I. The molecule has 19 heavy (non-hydrogen) atoms. The zero-order chi connectivity index (χ0) is 14.2. The maximum atomic E-state index is 12.0. The van der Waals surface area contributed by atoms with Gasteiger partial charge in [0.25, 0.3) is 0 Å². The number of amides is 1. The van der Waals surface area contributed by atoms with E-state index >= 15 is 0 Å². The number of nitrogens with zero attached hydrogens (tertiary/aromatic N) is 1. The van der Waals surface area contributed by atoms with Gasteiger partial charge in [0.2, 0.25) is 15.0 Å². The number of hydrogen-bond donors (Lipinski definition) is 0. The molecule has 0 spiro atoms. The molecule has 0 radical (unpaired) electrons. The predicted octanol–water partition coefficient (Wildman–Crippen LogP) is 2.98. The summed E-state index contributed by atoms with van der Waals surface area (Å²) in [6, 6.07) is 5.62. The molecule has 1 fully saturated rings. The molecule has 1 heterocycles. The van der Waals surface area contributed by atoms with Crippen molar-refractivity contribution >= 4 is 69.8 Å². The van der Waals surface area contributed by atoms with Crippen molar-refractivity contribution in [2.45, 2.75) is 6.42 Å². The lowest BCUT2D eigenvalue weighted by Gasteiger charge is -2.18. The van der Waals surface area contributed by atoms with E-state index in [-0.39, 0.29) is 24.0 Å². The molecule has 0 bridgehead atoms. The lowest BCUT2D eigenvalue weighted by Crippen LogP contribution is -2.26. The standard InChI is InChI=1S/C11H10BrClINO3S/c12-8-1-2-10(9(14)4-8)15-5-7(3-11(15)16)6-19(13,17)18/h1-2,4,7H,3,5-6H2. The van der Waals surface area contributed by atoms with Gasteiger partial charge in [-0.3, -0.25) is 4.79 Å². The molecule has 0 N–H and O–H groups in total. The van der Waals surface area contributed by atoms with E-state index in [0.29, 0.717) is 6.54 Å². The highest BCUT2D eigenvalue weighted by Crippen LogP contribution is 2.31. The van der Waals surface area contributed by atoms with E-state index in [1.807, 2.05) is 18.2 Å². The van der Waals surface area contributed by atoms with Crippen molar-refractivity contribution in [2.24, 2.45) is 5.92 Å². The number of anilines is 1. The van der Waals surface area contributed by atoms with E-state index in [1.165, 1.54) is 0 Å². The Labute approximate surface area is 138 Å². The average Bonchev–Trinajstić information content (AvgIpc) is 2.56. The molecule has 1 aliphatic heterocycles. The molecular formula is C11H10BrClINO3S. The van der Waals surface area contributed by atoms with E-state index in [1.54, 1.807) is 4.90 Å². The van der Waals surface area contributed by atoms with Gasteiger partial charge >= 0.3 is 0 Å². The highest BCUT2D eigenvalue weighted by atomic mass is 127. The molecule has 0 saturated carbocycles. The van der Waals surface area contributed by atoms with E-state index in [0.717, 1.165) is 13.7 Å². The lowest BCUT2D eigenvalue weighted by molar-refractivity contribution is -0.117. The second-order valence-corrected chi connectivity index (χ2v) is 9.28. The lowest BCUT2D eigenvalue weighted by atomic mass is 10.1. The summed E-state index contributed by atoms with van der Waals surface area (Å²) in [5, 5.41) is 0. The molecule has 0 aromatic heterocycles. The van der Waals surface area contributed by atoms with Gasteiger partial charge < -0.3 is 4.90 Å². The first-order chi connectivity index (χ1) is 8.76. The quantitative estimate of drug-likeness (QED) is 0.496. The van der Waals surface area contributed by atoms with Crippen LogP contribution >= 0.6 is 49.2 Å². The van der Waals surface area contributed by atoms with Gasteiger partial charge in [0, 0.05) is 37.6 Å². The predicted molar refractivity (Wildman–Crippen MR) is 87.0 cm³/mol. The molecule has 2 rings (SSSR count). The molecule has 1 aromatic carbocycles. The van der Waals surface area contributed by atoms with Crippen LogP contribution in [0.5, 0.6) is 0 Å². The molecule has 1 aliphatic rings. The molecule has 1 saturated heterocycles. The third-order valence-electron chi connectivity index (χ3n) is 2.84. The van der Waals surface area contributed by atoms with Crippen molar-refractivity contribution in [1.29, 1.82) is 0 Å². The molecule has 1 aromatic rings. The van der Waals surface area contributed by atoms with Crippen molar-refractivity contribution in [3.05, 3.63) is 26.2 Å². The van der Waals surface area contributed by atoms with Crippen LogP contribution in [0, 0.1) is 9.49 Å². The molecular weight excluding hydrogens is 468 g/mol. The summed E-state index contributed by atoms with van der Waals surface area (Å²) in [5.41, 5.74) is 0.809. The Balaban J connectivity index is 2.20. The summed E-state index contributed by atoms with van der Waals surface area (Å²) in [4.78, 5) is 13.6. The third kappa shape index (κ3) is 4.05. The first kappa shape index (κ1) is 15.5. The zero-order valence-electron chi connectivity index (χ0n) is 9.64. The topological polar surface area (TPSA) is 54.5 Å². The highest BCUT2D eigenvalue weighted by Gasteiger charge is 2.33. The van der Waals surface area contributed by atoms with Gasteiger partial charge in [0.05, 0.1) is 11.4 Å². The molecule has 1 amide bonds. The minimum Gasteiger partial charge on any atom is -0.311 e. The van der Waals surface area contributed by atoms with Crippen LogP contribution in [0.15, 0.2) is 22.7 Å². The maximum absolute atomic E-state index is 12.0. The van der Waals surface area contributed by atoms with Gasteiger partial charge in [-0.05, 0) is 40.8 Å². The highest BCUT2D eigenvalue weighted by molar-refractivity contribution is 14.1. The third-order valence-corrected chi connectivity index (χ3v) is 5.45. The first-order valence-electron chi connectivity index (χ1n) is 5.44. The second-order valence-electron chi connectivity index (χ2n) is 4.38. The maximum Gasteiger partial charge on any atom is 0.232 e. The van der Waals surface area contributed by atoms with Gasteiger partial charge in [-0.15, -0.1) is 0 Å². The molecule has 1 unspecified atom stereocenters. The van der Waals surface area contributed by atoms with E-state index in [9.17, 15) is 13.2 Å². The van der Waals surface area contributed by atoms with Crippen LogP contribution < -0.4 is 4.90 Å².